The number of nitrogens with two attached hydrogens (primary N) is 1. The summed E-state index contributed by atoms with van der Waals surface area (Å²) in [5, 5.41) is 14.6. The molecule has 0 aliphatic carbocycles. The summed E-state index contributed by atoms with van der Waals surface area (Å²) in [6, 6.07) is 11.0. The van der Waals surface area contributed by atoms with E-state index in [-0.39, 0.29) is 43.3 Å². The number of carbonyl (C=O) groups excluding carboxylic acids is 1. The van der Waals surface area contributed by atoms with Crippen molar-refractivity contribution in [1.29, 1.82) is 0 Å². The first-order valence-electron chi connectivity index (χ1n) is 12.4. The highest BCUT2D eigenvalue weighted by atomic mass is 32.2. The van der Waals surface area contributed by atoms with Gasteiger partial charge in [-0.05, 0) is 41.8 Å². The zero-order chi connectivity index (χ0) is 27.4. The van der Waals surface area contributed by atoms with Crippen molar-refractivity contribution in [3.8, 4) is 11.1 Å². The fourth-order valence-electron chi connectivity index (χ4n) is 4.39. The number of sulfone groups is 1. The van der Waals surface area contributed by atoms with Gasteiger partial charge in [0.25, 0.3) is 5.56 Å². The summed E-state index contributed by atoms with van der Waals surface area (Å²) >= 11 is 0. The highest BCUT2D eigenvalue weighted by Gasteiger charge is 2.21. The minimum atomic E-state index is -3.22. The standard InChI is InChI=1S/C27H31N5O5S/c1-3-8-31(9-11-33)26(34)21-14-20-5-4-19(15-24(20)30-25(28)16-21)18-6-7-23-22(13-18)17-29-32(27(23)35)10-12-38(2,36)37/h4-7,13-15,17,33H,3,8-12,16H2,1-2H3,(H2,28,30). The summed E-state index contributed by atoms with van der Waals surface area (Å²) in [5.41, 5.74) is 9.42. The zero-order valence-electron chi connectivity index (χ0n) is 21.4. The molecule has 38 heavy (non-hydrogen) atoms. The normalized spacial score (nSPS) is 13.4. The Labute approximate surface area is 221 Å². The Morgan fingerprint density at radius 1 is 1.16 bits per heavy atom. The zero-order valence-corrected chi connectivity index (χ0v) is 22.2. The van der Waals surface area contributed by atoms with Gasteiger partial charge in [-0.3, -0.25) is 9.59 Å². The molecule has 4 rings (SSSR count). The number of aromatic nitrogens is 2. The first-order chi connectivity index (χ1) is 18.1. The van der Waals surface area contributed by atoms with Crippen molar-refractivity contribution in [3.63, 3.8) is 0 Å². The van der Waals surface area contributed by atoms with Crippen LogP contribution < -0.4 is 11.3 Å². The average Bonchev–Trinajstić information content (AvgIpc) is 3.04. The number of amides is 1. The Morgan fingerprint density at radius 2 is 1.89 bits per heavy atom. The number of hydrogen-bond donors (Lipinski definition) is 2. The molecule has 10 nitrogen and oxygen atoms in total. The molecule has 2 aromatic carbocycles. The van der Waals surface area contributed by atoms with E-state index in [1.165, 1.54) is 0 Å². The minimum Gasteiger partial charge on any atom is -0.395 e. The summed E-state index contributed by atoms with van der Waals surface area (Å²) in [5.74, 6) is -0.0132. The van der Waals surface area contributed by atoms with E-state index >= 15 is 0 Å². The molecule has 1 aromatic heterocycles. The van der Waals surface area contributed by atoms with Crippen molar-refractivity contribution in [2.24, 2.45) is 10.7 Å². The SMILES string of the molecule is CCCN(CCO)C(=O)C1=Cc2ccc(-c3ccc4c(=O)n(CCS(C)(=O)=O)ncc4c3)cc2N=C(N)C1. The third-order valence-electron chi connectivity index (χ3n) is 6.28. The topological polar surface area (TPSA) is 148 Å². The van der Waals surface area contributed by atoms with Gasteiger partial charge in [-0.2, -0.15) is 5.10 Å². The maximum absolute atomic E-state index is 13.1. The third kappa shape index (κ3) is 6.17. The highest BCUT2D eigenvalue weighted by molar-refractivity contribution is 7.90. The summed E-state index contributed by atoms with van der Waals surface area (Å²) in [7, 11) is -3.22. The second-order valence-corrected chi connectivity index (χ2v) is 11.6. The van der Waals surface area contributed by atoms with E-state index in [0.717, 1.165) is 34.0 Å². The molecule has 0 atom stereocenters. The van der Waals surface area contributed by atoms with Crippen LogP contribution in [0, 0.1) is 0 Å². The molecule has 200 valence electrons. The van der Waals surface area contributed by atoms with Crippen molar-refractivity contribution in [1.82, 2.24) is 14.7 Å². The summed E-state index contributed by atoms with van der Waals surface area (Å²) in [6.45, 7) is 2.65. The van der Waals surface area contributed by atoms with Gasteiger partial charge < -0.3 is 15.7 Å². The van der Waals surface area contributed by atoms with Crippen LogP contribution in [0.25, 0.3) is 28.0 Å². The number of aryl methyl sites for hydroxylation is 1. The summed E-state index contributed by atoms with van der Waals surface area (Å²) in [6.07, 6.45) is 5.46. The number of aliphatic hydroxyl groups excluding tert-OH is 1. The van der Waals surface area contributed by atoms with Crippen LogP contribution in [0.15, 0.2) is 58.0 Å². The van der Waals surface area contributed by atoms with Gasteiger partial charge in [0.05, 0.1) is 36.2 Å². The average molecular weight is 538 g/mol. The molecule has 0 saturated carbocycles. The van der Waals surface area contributed by atoms with Gasteiger partial charge >= 0.3 is 0 Å². The van der Waals surface area contributed by atoms with E-state index in [2.05, 4.69) is 10.1 Å². The lowest BCUT2D eigenvalue weighted by Gasteiger charge is -2.22. The maximum Gasteiger partial charge on any atom is 0.274 e. The van der Waals surface area contributed by atoms with E-state index < -0.39 is 9.84 Å². The van der Waals surface area contributed by atoms with E-state index in [1.54, 1.807) is 23.2 Å². The molecule has 0 bridgehead atoms. The smallest absolute Gasteiger partial charge is 0.274 e. The van der Waals surface area contributed by atoms with Crippen molar-refractivity contribution in [3.05, 3.63) is 64.1 Å². The Kier molecular flexibility index (Phi) is 8.08. The Morgan fingerprint density at radius 3 is 2.61 bits per heavy atom. The number of hydrogen-bond acceptors (Lipinski definition) is 8. The first kappa shape index (κ1) is 27.2. The van der Waals surface area contributed by atoms with E-state index in [1.807, 2.05) is 37.3 Å². The molecule has 0 unspecified atom stereocenters. The summed E-state index contributed by atoms with van der Waals surface area (Å²) < 4.78 is 24.1. The molecule has 11 heteroatoms. The van der Waals surface area contributed by atoms with Gasteiger partial charge in [-0.1, -0.05) is 25.1 Å². The maximum atomic E-state index is 13.1. The van der Waals surface area contributed by atoms with Crippen LogP contribution in [0.2, 0.25) is 0 Å². The van der Waals surface area contributed by atoms with Crippen molar-refractivity contribution < 1.29 is 18.3 Å². The van der Waals surface area contributed by atoms with Gasteiger partial charge in [0.1, 0.15) is 15.7 Å². The van der Waals surface area contributed by atoms with Gasteiger partial charge in [0.15, 0.2) is 0 Å². The molecule has 0 radical (unpaired) electrons. The van der Waals surface area contributed by atoms with Crippen LogP contribution in [0.4, 0.5) is 5.69 Å². The number of rotatable bonds is 9. The van der Waals surface area contributed by atoms with Gasteiger partial charge in [-0.25, -0.2) is 18.1 Å². The van der Waals surface area contributed by atoms with E-state index in [9.17, 15) is 23.1 Å². The number of carbonyl (C=O) groups is 1. The second kappa shape index (κ2) is 11.3. The first-order valence-corrected chi connectivity index (χ1v) is 14.4. The number of benzene rings is 2. The van der Waals surface area contributed by atoms with Crippen LogP contribution in [-0.2, 0) is 21.2 Å². The Bertz CT molecular complexity index is 1600. The molecule has 2 heterocycles. The van der Waals surface area contributed by atoms with Crippen LogP contribution in [-0.4, -0.2) is 71.7 Å². The van der Waals surface area contributed by atoms with Crippen LogP contribution >= 0.6 is 0 Å². The number of amidine groups is 1. The molecular weight excluding hydrogens is 506 g/mol. The monoisotopic (exact) mass is 537 g/mol. The molecule has 3 aromatic rings. The quantitative estimate of drug-likeness (QED) is 0.425. The van der Waals surface area contributed by atoms with E-state index in [0.29, 0.717) is 34.4 Å². The Hall–Kier alpha value is -3.83. The molecule has 3 N–H and O–H groups in total. The van der Waals surface area contributed by atoms with Crippen LogP contribution in [0.5, 0.6) is 0 Å². The predicted octanol–water partition coefficient (Wildman–Crippen LogP) is 2.11. The number of nitrogens with zero attached hydrogens (tertiary/aromatic N) is 4. The van der Waals surface area contributed by atoms with Gasteiger partial charge in [0, 0.05) is 42.3 Å². The highest BCUT2D eigenvalue weighted by Crippen LogP contribution is 2.32. The lowest BCUT2D eigenvalue weighted by molar-refractivity contribution is -0.127. The Balaban J connectivity index is 1.66. The van der Waals surface area contributed by atoms with Gasteiger partial charge in [0.2, 0.25) is 5.91 Å². The number of aliphatic imine (C=N–C) groups is 1. The molecule has 0 spiro atoms. The van der Waals surface area contributed by atoms with Crippen molar-refractivity contribution in [2.75, 3.05) is 31.7 Å². The molecule has 0 fully saturated rings. The molecule has 1 aliphatic rings. The minimum absolute atomic E-state index is 0.00613. The van der Waals surface area contributed by atoms with Crippen LogP contribution in [0.3, 0.4) is 0 Å². The second-order valence-electron chi connectivity index (χ2n) is 9.34. The van der Waals surface area contributed by atoms with Crippen molar-refractivity contribution in [2.45, 2.75) is 26.3 Å². The largest absolute Gasteiger partial charge is 0.395 e. The molecule has 0 saturated heterocycles. The number of aliphatic hydroxyl groups is 1. The summed E-state index contributed by atoms with van der Waals surface area (Å²) in [4.78, 5) is 32.1. The number of fused-ring (bicyclic) bond motifs is 2. The third-order valence-corrected chi connectivity index (χ3v) is 7.21. The predicted molar refractivity (Wildman–Crippen MR) is 149 cm³/mol. The molecule has 1 amide bonds. The van der Waals surface area contributed by atoms with Crippen LogP contribution in [0.1, 0.15) is 25.3 Å². The molecule has 1 aliphatic heterocycles. The molecular formula is C27H31N5O5S. The van der Waals surface area contributed by atoms with E-state index in [4.69, 9.17) is 5.73 Å². The lowest BCUT2D eigenvalue weighted by atomic mass is 9.99. The van der Waals surface area contributed by atoms with Gasteiger partial charge in [-0.15, -0.1) is 0 Å². The fourth-order valence-corrected chi connectivity index (χ4v) is 4.90. The fraction of sp³-hybridized carbons (Fsp3) is 0.333. The van der Waals surface area contributed by atoms with Crippen molar-refractivity contribution >= 4 is 44.1 Å². The lowest BCUT2D eigenvalue weighted by Crippen LogP contribution is -2.36.